The molecule has 0 saturated heterocycles. The van der Waals surface area contributed by atoms with Gasteiger partial charge in [0, 0.05) is 28.2 Å². The van der Waals surface area contributed by atoms with Crippen molar-refractivity contribution in [3.05, 3.63) is 23.5 Å². The molecule has 0 unspecified atom stereocenters. The Kier molecular flexibility index (Phi) is 5.12. The molecule has 0 spiro atoms. The molecule has 8 heteroatoms. The molecule has 0 aliphatic carbocycles. The number of rotatable bonds is 4. The fourth-order valence-electron chi connectivity index (χ4n) is 1.63. The highest BCUT2D eigenvalue weighted by Crippen LogP contribution is 2.23. The monoisotopic (exact) mass is 284 g/mol. The standard InChI is InChI=1S/C12H20N4O4/c1-13(2)15-7-9(11(17)19-5)10(12(18)20-6)8-16(15)14(3)4/h7-8H,1-6H3. The zero-order valence-corrected chi connectivity index (χ0v) is 12.6. The molecule has 0 saturated carbocycles. The van der Waals surface area contributed by atoms with E-state index < -0.39 is 11.9 Å². The minimum absolute atomic E-state index is 0.131. The van der Waals surface area contributed by atoms with Gasteiger partial charge in [-0.05, 0) is 0 Å². The molecule has 0 amide bonds. The second-order valence-corrected chi connectivity index (χ2v) is 4.40. The Morgan fingerprint density at radius 1 is 0.850 bits per heavy atom. The van der Waals surface area contributed by atoms with E-state index in [-0.39, 0.29) is 11.1 Å². The highest BCUT2D eigenvalue weighted by atomic mass is 16.5. The van der Waals surface area contributed by atoms with Crippen LogP contribution in [-0.2, 0) is 19.1 Å². The molecule has 0 radical (unpaired) electrons. The number of ether oxygens (including phenoxy) is 2. The van der Waals surface area contributed by atoms with E-state index >= 15 is 0 Å². The predicted octanol–water partition coefficient (Wildman–Crippen LogP) is -0.414. The summed E-state index contributed by atoms with van der Waals surface area (Å²) >= 11 is 0. The minimum Gasteiger partial charge on any atom is -0.465 e. The van der Waals surface area contributed by atoms with Crippen LogP contribution in [0.15, 0.2) is 23.5 Å². The van der Waals surface area contributed by atoms with Gasteiger partial charge in [-0.2, -0.15) is 0 Å². The van der Waals surface area contributed by atoms with Gasteiger partial charge in [-0.3, -0.25) is 0 Å². The largest absolute Gasteiger partial charge is 0.465 e. The van der Waals surface area contributed by atoms with E-state index in [0.717, 1.165) is 0 Å². The van der Waals surface area contributed by atoms with Gasteiger partial charge >= 0.3 is 11.9 Å². The van der Waals surface area contributed by atoms with Gasteiger partial charge in [0.15, 0.2) is 0 Å². The van der Waals surface area contributed by atoms with Crippen molar-refractivity contribution in [3.8, 4) is 0 Å². The van der Waals surface area contributed by atoms with E-state index in [2.05, 4.69) is 0 Å². The molecule has 1 heterocycles. The average molecular weight is 284 g/mol. The summed E-state index contributed by atoms with van der Waals surface area (Å²) in [5.41, 5.74) is 0.261. The summed E-state index contributed by atoms with van der Waals surface area (Å²) in [6, 6.07) is 0. The molecule has 8 nitrogen and oxygen atoms in total. The topological polar surface area (TPSA) is 65.6 Å². The summed E-state index contributed by atoms with van der Waals surface area (Å²) in [6.45, 7) is 0. The van der Waals surface area contributed by atoms with E-state index in [4.69, 9.17) is 9.47 Å². The van der Waals surface area contributed by atoms with Gasteiger partial charge in [-0.25, -0.2) is 29.8 Å². The van der Waals surface area contributed by atoms with Crippen LogP contribution < -0.4 is 0 Å². The predicted molar refractivity (Wildman–Crippen MR) is 71.3 cm³/mol. The Hall–Kier alpha value is -2.06. The van der Waals surface area contributed by atoms with Crippen LogP contribution in [0.1, 0.15) is 0 Å². The maximum absolute atomic E-state index is 11.8. The number of hydrogen-bond acceptors (Lipinski definition) is 8. The summed E-state index contributed by atoms with van der Waals surface area (Å²) in [6.07, 6.45) is 3.02. The lowest BCUT2D eigenvalue weighted by Gasteiger charge is -2.43. The molecule has 0 aromatic carbocycles. The van der Waals surface area contributed by atoms with Crippen molar-refractivity contribution in [1.82, 2.24) is 20.3 Å². The third-order valence-corrected chi connectivity index (χ3v) is 2.62. The van der Waals surface area contributed by atoms with E-state index in [1.165, 1.54) is 26.6 Å². The number of carbonyl (C=O) groups excluding carboxylic acids is 2. The van der Waals surface area contributed by atoms with E-state index in [1.807, 2.05) is 0 Å². The van der Waals surface area contributed by atoms with Gasteiger partial charge in [0.05, 0.1) is 37.8 Å². The van der Waals surface area contributed by atoms with E-state index in [0.29, 0.717) is 0 Å². The summed E-state index contributed by atoms with van der Waals surface area (Å²) in [5.74, 6) is -1.21. The second-order valence-electron chi connectivity index (χ2n) is 4.40. The third-order valence-electron chi connectivity index (χ3n) is 2.62. The van der Waals surface area contributed by atoms with Crippen molar-refractivity contribution in [2.75, 3.05) is 42.4 Å². The van der Waals surface area contributed by atoms with Crippen LogP contribution >= 0.6 is 0 Å². The van der Waals surface area contributed by atoms with Gasteiger partial charge in [-0.15, -0.1) is 0 Å². The fraction of sp³-hybridized carbons (Fsp3) is 0.500. The lowest BCUT2D eigenvalue weighted by Crippen LogP contribution is -2.52. The lowest BCUT2D eigenvalue weighted by molar-refractivity contribution is -0.190. The average Bonchev–Trinajstić information content (AvgIpc) is 2.43. The molecular weight excluding hydrogens is 264 g/mol. The molecule has 0 fully saturated rings. The zero-order valence-electron chi connectivity index (χ0n) is 12.6. The molecule has 0 N–H and O–H groups in total. The normalized spacial score (nSPS) is 15.2. The first kappa shape index (κ1) is 16.0. The molecular formula is C12H20N4O4. The number of carbonyl (C=O) groups is 2. The van der Waals surface area contributed by atoms with Crippen LogP contribution in [0.25, 0.3) is 0 Å². The fourth-order valence-corrected chi connectivity index (χ4v) is 1.63. The highest BCUT2D eigenvalue weighted by molar-refractivity contribution is 6.07. The zero-order chi connectivity index (χ0) is 15.4. The van der Waals surface area contributed by atoms with Crippen molar-refractivity contribution in [1.29, 1.82) is 0 Å². The quantitative estimate of drug-likeness (QED) is 0.645. The van der Waals surface area contributed by atoms with Crippen LogP contribution in [0, 0.1) is 0 Å². The number of methoxy groups -OCH3 is 2. The molecule has 0 bridgehead atoms. The Morgan fingerprint density at radius 3 is 1.35 bits per heavy atom. The van der Waals surface area contributed by atoms with Crippen LogP contribution in [0.2, 0.25) is 0 Å². The van der Waals surface area contributed by atoms with Gasteiger partial charge in [0.25, 0.3) is 0 Å². The number of esters is 2. The van der Waals surface area contributed by atoms with Crippen molar-refractivity contribution in [2.45, 2.75) is 0 Å². The molecule has 112 valence electrons. The molecule has 20 heavy (non-hydrogen) atoms. The number of nitrogens with zero attached hydrogens (tertiary/aromatic N) is 4. The van der Waals surface area contributed by atoms with Crippen molar-refractivity contribution < 1.29 is 19.1 Å². The number of hydrogen-bond donors (Lipinski definition) is 0. The summed E-state index contributed by atoms with van der Waals surface area (Å²) in [5, 5.41) is 6.79. The molecule has 1 rings (SSSR count). The Morgan fingerprint density at radius 2 is 1.15 bits per heavy atom. The van der Waals surface area contributed by atoms with Gasteiger partial charge in [0.1, 0.15) is 0 Å². The smallest absolute Gasteiger partial charge is 0.340 e. The lowest BCUT2D eigenvalue weighted by atomic mass is 10.1. The van der Waals surface area contributed by atoms with Crippen LogP contribution in [0.3, 0.4) is 0 Å². The van der Waals surface area contributed by atoms with Gasteiger partial charge in [-0.1, -0.05) is 0 Å². The first-order valence-corrected chi connectivity index (χ1v) is 5.87. The van der Waals surface area contributed by atoms with Gasteiger partial charge < -0.3 is 9.47 Å². The summed E-state index contributed by atoms with van der Waals surface area (Å²) < 4.78 is 9.41. The third kappa shape index (κ3) is 3.09. The molecule has 0 atom stereocenters. The summed E-state index contributed by atoms with van der Waals surface area (Å²) in [7, 11) is 9.74. The number of hydrazine groups is 3. The molecule has 0 aromatic rings. The second kappa shape index (κ2) is 6.40. The maximum Gasteiger partial charge on any atom is 0.340 e. The Labute approximate surface area is 118 Å². The molecule has 1 aliphatic heterocycles. The van der Waals surface area contributed by atoms with Crippen LogP contribution in [-0.4, -0.2) is 74.6 Å². The summed E-state index contributed by atoms with van der Waals surface area (Å²) in [4.78, 5) is 23.7. The Balaban J connectivity index is 3.30. The highest BCUT2D eigenvalue weighted by Gasteiger charge is 2.31. The van der Waals surface area contributed by atoms with Crippen molar-refractivity contribution >= 4 is 11.9 Å². The van der Waals surface area contributed by atoms with Crippen molar-refractivity contribution in [2.24, 2.45) is 0 Å². The molecule has 1 aliphatic rings. The minimum atomic E-state index is -0.605. The maximum atomic E-state index is 11.8. The van der Waals surface area contributed by atoms with Crippen LogP contribution in [0.4, 0.5) is 0 Å². The van der Waals surface area contributed by atoms with Crippen LogP contribution in [0.5, 0.6) is 0 Å². The van der Waals surface area contributed by atoms with Gasteiger partial charge in [0.2, 0.25) is 0 Å². The first-order chi connectivity index (χ1) is 9.33. The first-order valence-electron chi connectivity index (χ1n) is 5.87. The van der Waals surface area contributed by atoms with E-state index in [9.17, 15) is 9.59 Å². The SMILES string of the molecule is COC(=O)C1=CN(N(C)C)N(N(C)C)C=C1C(=O)OC. The van der Waals surface area contributed by atoms with E-state index in [1.54, 1.807) is 48.4 Å². The molecule has 0 aromatic heterocycles. The Bertz CT molecular complexity index is 414. The van der Waals surface area contributed by atoms with Crippen molar-refractivity contribution in [3.63, 3.8) is 0 Å².